The summed E-state index contributed by atoms with van der Waals surface area (Å²) in [5.74, 6) is -0.507. The van der Waals surface area contributed by atoms with E-state index in [0.29, 0.717) is 22.4 Å². The van der Waals surface area contributed by atoms with E-state index >= 15 is 0 Å². The lowest BCUT2D eigenvalue weighted by Gasteiger charge is -2.03. The topological polar surface area (TPSA) is 61.4 Å². The van der Waals surface area contributed by atoms with Crippen molar-refractivity contribution in [1.82, 2.24) is 4.57 Å². The maximum Gasteiger partial charge on any atom is 0.427 e. The van der Waals surface area contributed by atoms with Crippen molar-refractivity contribution in [3.8, 4) is 5.75 Å². The van der Waals surface area contributed by atoms with Crippen LogP contribution >= 0.6 is 15.9 Å². The Balaban J connectivity index is 2.12. The molecule has 0 amide bonds. The number of fused-ring (bicyclic) bond motifs is 1. The molecule has 5 nitrogen and oxygen atoms in total. The molecule has 0 saturated carbocycles. The molecule has 1 aromatic heterocycles. The highest BCUT2D eigenvalue weighted by molar-refractivity contribution is 9.10. The first-order valence-corrected chi connectivity index (χ1v) is 6.89. The van der Waals surface area contributed by atoms with Crippen LogP contribution < -0.4 is 10.5 Å². The zero-order chi connectivity index (χ0) is 15.0. The molecule has 21 heavy (non-hydrogen) atoms. The lowest BCUT2D eigenvalue weighted by atomic mass is 10.2. The van der Waals surface area contributed by atoms with Crippen LogP contribution in [0.25, 0.3) is 11.1 Å². The standard InChI is InChI=1S/C15H10BrNO4/c1-20-11-5-2-9(3-6-11)14(18)17-12-7-4-10(16)8-13(12)21-15(17)19/h2-8H,1H3. The Hall–Kier alpha value is -2.34. The lowest BCUT2D eigenvalue weighted by Crippen LogP contribution is -2.23. The summed E-state index contributed by atoms with van der Waals surface area (Å²) >= 11 is 3.29. The van der Waals surface area contributed by atoms with Crippen LogP contribution in [0, 0.1) is 0 Å². The number of aromatic nitrogens is 1. The van der Waals surface area contributed by atoms with Gasteiger partial charge < -0.3 is 9.15 Å². The molecular weight excluding hydrogens is 338 g/mol. The summed E-state index contributed by atoms with van der Waals surface area (Å²) in [4.78, 5) is 24.4. The second-order valence-corrected chi connectivity index (χ2v) is 5.26. The molecule has 0 aliphatic carbocycles. The number of ether oxygens (including phenoxy) is 1. The largest absolute Gasteiger partial charge is 0.497 e. The Labute approximate surface area is 127 Å². The number of oxazole rings is 1. The van der Waals surface area contributed by atoms with Gasteiger partial charge in [-0.2, -0.15) is 0 Å². The molecule has 0 radical (unpaired) electrons. The molecule has 0 bridgehead atoms. The molecule has 3 rings (SSSR count). The second-order valence-electron chi connectivity index (χ2n) is 4.35. The quantitative estimate of drug-likeness (QED) is 0.714. The van der Waals surface area contributed by atoms with Crippen LogP contribution in [-0.4, -0.2) is 17.6 Å². The van der Waals surface area contributed by atoms with E-state index in [4.69, 9.17) is 9.15 Å². The molecular formula is C15H10BrNO4. The predicted molar refractivity (Wildman–Crippen MR) is 80.9 cm³/mol. The van der Waals surface area contributed by atoms with Gasteiger partial charge in [-0.15, -0.1) is 0 Å². The van der Waals surface area contributed by atoms with Crippen LogP contribution in [0.4, 0.5) is 0 Å². The fraction of sp³-hybridized carbons (Fsp3) is 0.0667. The molecule has 0 atom stereocenters. The summed E-state index contributed by atoms with van der Waals surface area (Å²) in [5, 5.41) is 0. The van der Waals surface area contributed by atoms with Gasteiger partial charge in [-0.1, -0.05) is 15.9 Å². The summed E-state index contributed by atoms with van der Waals surface area (Å²) < 4.78 is 11.9. The fourth-order valence-electron chi connectivity index (χ4n) is 2.05. The molecule has 0 saturated heterocycles. The van der Waals surface area contributed by atoms with Crippen molar-refractivity contribution >= 4 is 32.9 Å². The third-order valence-electron chi connectivity index (χ3n) is 3.08. The Morgan fingerprint density at radius 1 is 1.19 bits per heavy atom. The number of methoxy groups -OCH3 is 1. The zero-order valence-corrected chi connectivity index (χ0v) is 12.6. The lowest BCUT2D eigenvalue weighted by molar-refractivity contribution is 0.0956. The van der Waals surface area contributed by atoms with E-state index in [2.05, 4.69) is 15.9 Å². The van der Waals surface area contributed by atoms with E-state index in [1.54, 1.807) is 49.6 Å². The highest BCUT2D eigenvalue weighted by Gasteiger charge is 2.17. The van der Waals surface area contributed by atoms with E-state index in [1.165, 1.54) is 0 Å². The van der Waals surface area contributed by atoms with Crippen molar-refractivity contribution in [3.05, 3.63) is 63.1 Å². The molecule has 2 aromatic carbocycles. The second kappa shape index (κ2) is 5.21. The number of nitrogens with zero attached hydrogens (tertiary/aromatic N) is 1. The monoisotopic (exact) mass is 347 g/mol. The van der Waals surface area contributed by atoms with Crippen molar-refractivity contribution in [3.63, 3.8) is 0 Å². The van der Waals surface area contributed by atoms with Crippen molar-refractivity contribution in [2.45, 2.75) is 0 Å². The molecule has 0 aliphatic heterocycles. The minimum absolute atomic E-state index is 0.358. The first-order chi connectivity index (χ1) is 10.1. The third-order valence-corrected chi connectivity index (χ3v) is 3.58. The van der Waals surface area contributed by atoms with E-state index in [-0.39, 0.29) is 0 Å². The maximum atomic E-state index is 12.5. The van der Waals surface area contributed by atoms with E-state index in [0.717, 1.165) is 9.04 Å². The van der Waals surface area contributed by atoms with Gasteiger partial charge in [-0.25, -0.2) is 9.36 Å². The zero-order valence-electron chi connectivity index (χ0n) is 11.0. The number of carbonyl (C=O) groups excluding carboxylic acids is 1. The molecule has 0 aliphatic rings. The van der Waals surface area contributed by atoms with Gasteiger partial charge in [0, 0.05) is 10.0 Å². The highest BCUT2D eigenvalue weighted by Crippen LogP contribution is 2.20. The van der Waals surface area contributed by atoms with Crippen LogP contribution in [0.3, 0.4) is 0 Å². The summed E-state index contributed by atoms with van der Waals surface area (Å²) in [6.07, 6.45) is 0. The predicted octanol–water partition coefficient (Wildman–Crippen LogP) is 3.05. The first kappa shape index (κ1) is 13.6. The Bertz CT molecular complexity index is 877. The van der Waals surface area contributed by atoms with Gasteiger partial charge in [-0.05, 0) is 42.5 Å². The van der Waals surface area contributed by atoms with E-state index < -0.39 is 11.7 Å². The molecule has 1 heterocycles. The molecule has 3 aromatic rings. The van der Waals surface area contributed by atoms with Gasteiger partial charge in [0.2, 0.25) is 0 Å². The number of hydrogen-bond donors (Lipinski definition) is 0. The summed E-state index contributed by atoms with van der Waals surface area (Å²) in [7, 11) is 1.54. The van der Waals surface area contributed by atoms with Crippen LogP contribution in [0.5, 0.6) is 5.75 Å². The Morgan fingerprint density at radius 2 is 1.90 bits per heavy atom. The van der Waals surface area contributed by atoms with Gasteiger partial charge in [-0.3, -0.25) is 4.79 Å². The maximum absolute atomic E-state index is 12.5. The molecule has 0 fully saturated rings. The van der Waals surface area contributed by atoms with E-state index in [9.17, 15) is 9.59 Å². The first-order valence-electron chi connectivity index (χ1n) is 6.10. The van der Waals surface area contributed by atoms with Crippen molar-refractivity contribution in [1.29, 1.82) is 0 Å². The van der Waals surface area contributed by atoms with Crippen LogP contribution in [-0.2, 0) is 0 Å². The van der Waals surface area contributed by atoms with E-state index in [1.807, 2.05) is 0 Å². The SMILES string of the molecule is COc1ccc(C(=O)n2c(=O)oc3cc(Br)ccc32)cc1. The number of carbonyl (C=O) groups is 1. The summed E-state index contributed by atoms with van der Waals surface area (Å²) in [6.45, 7) is 0. The van der Waals surface area contributed by atoms with Gasteiger partial charge in [0.1, 0.15) is 5.75 Å². The van der Waals surface area contributed by atoms with Gasteiger partial charge in [0.25, 0.3) is 5.91 Å². The highest BCUT2D eigenvalue weighted by atomic mass is 79.9. The third kappa shape index (κ3) is 2.38. The number of halogens is 1. The van der Waals surface area contributed by atoms with Crippen molar-refractivity contribution in [2.24, 2.45) is 0 Å². The van der Waals surface area contributed by atoms with Crippen LogP contribution in [0.1, 0.15) is 10.4 Å². The Morgan fingerprint density at radius 3 is 2.57 bits per heavy atom. The fourth-order valence-corrected chi connectivity index (χ4v) is 2.39. The average molecular weight is 348 g/mol. The van der Waals surface area contributed by atoms with Crippen molar-refractivity contribution < 1.29 is 13.9 Å². The number of benzene rings is 2. The molecule has 0 spiro atoms. The smallest absolute Gasteiger partial charge is 0.427 e. The molecule has 6 heteroatoms. The molecule has 0 N–H and O–H groups in total. The normalized spacial score (nSPS) is 10.8. The molecule has 0 unspecified atom stereocenters. The minimum atomic E-state index is -0.705. The van der Waals surface area contributed by atoms with Gasteiger partial charge in [0.15, 0.2) is 5.58 Å². The van der Waals surface area contributed by atoms with Crippen molar-refractivity contribution in [2.75, 3.05) is 7.11 Å². The minimum Gasteiger partial charge on any atom is -0.497 e. The molecule has 106 valence electrons. The van der Waals surface area contributed by atoms with Gasteiger partial charge in [0.05, 0.1) is 12.6 Å². The summed E-state index contributed by atoms with van der Waals surface area (Å²) in [5.41, 5.74) is 1.17. The Kier molecular flexibility index (Phi) is 3.39. The number of rotatable bonds is 2. The van der Waals surface area contributed by atoms with Gasteiger partial charge >= 0.3 is 5.76 Å². The van der Waals surface area contributed by atoms with Crippen LogP contribution in [0.15, 0.2) is 56.1 Å². The average Bonchev–Trinajstić information content (AvgIpc) is 2.81. The summed E-state index contributed by atoms with van der Waals surface area (Å²) in [6, 6.07) is 11.6. The number of hydrogen-bond acceptors (Lipinski definition) is 4. The van der Waals surface area contributed by atoms with Crippen LogP contribution in [0.2, 0.25) is 0 Å².